The van der Waals surface area contributed by atoms with E-state index in [1.807, 2.05) is 0 Å². The van der Waals surface area contributed by atoms with E-state index in [-0.39, 0.29) is 11.3 Å². The second-order valence-electron chi connectivity index (χ2n) is 5.94. The molecule has 0 aliphatic carbocycles. The number of aromatic amines is 1. The number of hydrogen-bond donors (Lipinski definition) is 1. The molecule has 9 heteroatoms. The molecule has 0 fully saturated rings. The molecule has 0 aliphatic rings. The predicted octanol–water partition coefficient (Wildman–Crippen LogP) is 2.22. The molecule has 0 aliphatic heterocycles. The topological polar surface area (TPSA) is 76.9 Å². The first-order chi connectivity index (χ1) is 12.6. The molecule has 6 nitrogen and oxygen atoms in total. The SMILES string of the molecule is Cc1ccccc1-c1c(C(F)(F)F)ccn(-c2c[nH]n(C)c(=O)c2=O)c1=O. The zero-order chi connectivity index (χ0) is 19.9. The molecule has 0 bridgehead atoms. The highest BCUT2D eigenvalue weighted by Gasteiger charge is 2.36. The summed E-state index contributed by atoms with van der Waals surface area (Å²) in [4.78, 5) is 37.0. The van der Waals surface area contributed by atoms with Crippen LogP contribution in [-0.2, 0) is 13.2 Å². The first-order valence-corrected chi connectivity index (χ1v) is 7.81. The average molecular weight is 377 g/mol. The Hall–Kier alpha value is -3.36. The van der Waals surface area contributed by atoms with Crippen LogP contribution >= 0.6 is 0 Å². The van der Waals surface area contributed by atoms with E-state index in [4.69, 9.17) is 0 Å². The first kappa shape index (κ1) is 18.4. The number of benzene rings is 1. The molecule has 2 aromatic heterocycles. The van der Waals surface area contributed by atoms with Crippen LogP contribution in [0.4, 0.5) is 13.2 Å². The first-order valence-electron chi connectivity index (χ1n) is 7.81. The molecule has 0 amide bonds. The highest BCUT2D eigenvalue weighted by atomic mass is 19.4. The molecule has 0 unspecified atom stereocenters. The van der Waals surface area contributed by atoms with Crippen LogP contribution in [-0.4, -0.2) is 14.3 Å². The van der Waals surface area contributed by atoms with E-state index in [9.17, 15) is 27.6 Å². The van der Waals surface area contributed by atoms with Crippen molar-refractivity contribution >= 4 is 0 Å². The minimum Gasteiger partial charge on any atom is -0.301 e. The molecule has 1 aromatic carbocycles. The Morgan fingerprint density at radius 3 is 2.30 bits per heavy atom. The fraction of sp³-hybridized carbons (Fsp3) is 0.167. The predicted molar refractivity (Wildman–Crippen MR) is 93.1 cm³/mol. The van der Waals surface area contributed by atoms with Crippen molar-refractivity contribution in [2.45, 2.75) is 13.1 Å². The Bertz CT molecular complexity index is 1200. The van der Waals surface area contributed by atoms with Crippen LogP contribution in [0.1, 0.15) is 11.1 Å². The van der Waals surface area contributed by atoms with Gasteiger partial charge in [-0.25, -0.2) is 0 Å². The minimum atomic E-state index is -4.77. The van der Waals surface area contributed by atoms with Crippen molar-refractivity contribution in [1.82, 2.24) is 14.3 Å². The van der Waals surface area contributed by atoms with Gasteiger partial charge in [-0.1, -0.05) is 24.3 Å². The van der Waals surface area contributed by atoms with Crippen molar-refractivity contribution in [2.75, 3.05) is 0 Å². The molecule has 1 N–H and O–H groups in total. The average Bonchev–Trinajstić information content (AvgIpc) is 2.60. The summed E-state index contributed by atoms with van der Waals surface area (Å²) >= 11 is 0. The molecule has 0 saturated heterocycles. The van der Waals surface area contributed by atoms with Gasteiger partial charge in [-0.2, -0.15) is 13.2 Å². The number of nitrogens with one attached hydrogen (secondary N) is 1. The third-order valence-corrected chi connectivity index (χ3v) is 4.20. The lowest BCUT2D eigenvalue weighted by Crippen LogP contribution is -2.39. The number of H-pyrrole nitrogens is 1. The van der Waals surface area contributed by atoms with Crippen LogP contribution in [0.5, 0.6) is 0 Å². The maximum atomic E-state index is 13.5. The van der Waals surface area contributed by atoms with Crippen molar-refractivity contribution in [2.24, 2.45) is 7.05 Å². The van der Waals surface area contributed by atoms with E-state index in [1.54, 1.807) is 19.1 Å². The number of aryl methyl sites for hydroxylation is 2. The smallest absolute Gasteiger partial charge is 0.301 e. The van der Waals surface area contributed by atoms with E-state index < -0.39 is 33.9 Å². The highest BCUT2D eigenvalue weighted by molar-refractivity contribution is 5.70. The van der Waals surface area contributed by atoms with Crippen molar-refractivity contribution in [3.05, 3.63) is 84.8 Å². The third kappa shape index (κ3) is 3.12. The van der Waals surface area contributed by atoms with Gasteiger partial charge in [-0.05, 0) is 24.1 Å². The fourth-order valence-electron chi connectivity index (χ4n) is 2.80. The van der Waals surface area contributed by atoms with Gasteiger partial charge in [0, 0.05) is 19.4 Å². The van der Waals surface area contributed by atoms with E-state index in [0.29, 0.717) is 5.56 Å². The van der Waals surface area contributed by atoms with Gasteiger partial charge in [-0.3, -0.25) is 23.6 Å². The van der Waals surface area contributed by atoms with E-state index in [0.717, 1.165) is 27.7 Å². The van der Waals surface area contributed by atoms with E-state index in [1.165, 1.54) is 19.2 Å². The minimum absolute atomic E-state index is 0.101. The quantitative estimate of drug-likeness (QED) is 0.696. The van der Waals surface area contributed by atoms with Gasteiger partial charge in [0.1, 0.15) is 5.69 Å². The summed E-state index contributed by atoms with van der Waals surface area (Å²) in [6.07, 6.45) is -2.83. The number of pyridine rings is 1. The molecular weight excluding hydrogens is 363 g/mol. The van der Waals surface area contributed by atoms with Gasteiger partial charge >= 0.3 is 11.7 Å². The van der Waals surface area contributed by atoms with Crippen LogP contribution in [0.15, 0.2) is 57.1 Å². The molecule has 0 radical (unpaired) electrons. The molecular formula is C18H14F3N3O3. The Kier molecular flexibility index (Phi) is 4.38. The van der Waals surface area contributed by atoms with Gasteiger partial charge in [0.05, 0.1) is 11.1 Å². The van der Waals surface area contributed by atoms with Gasteiger partial charge in [0.25, 0.3) is 11.0 Å². The number of halogens is 3. The second kappa shape index (κ2) is 6.42. The Balaban J connectivity index is 2.43. The molecule has 0 saturated carbocycles. The number of aromatic nitrogens is 3. The second-order valence-corrected chi connectivity index (χ2v) is 5.94. The molecule has 0 atom stereocenters. The molecule has 3 rings (SSSR count). The zero-order valence-electron chi connectivity index (χ0n) is 14.3. The summed E-state index contributed by atoms with van der Waals surface area (Å²) in [6.45, 7) is 1.58. The molecule has 0 spiro atoms. The van der Waals surface area contributed by atoms with Crippen LogP contribution in [0.25, 0.3) is 16.8 Å². The largest absolute Gasteiger partial charge is 0.417 e. The Labute approximate surface area is 150 Å². The summed E-state index contributed by atoms with van der Waals surface area (Å²) in [5, 5.41) is 2.47. The lowest BCUT2D eigenvalue weighted by atomic mass is 9.97. The van der Waals surface area contributed by atoms with Crippen molar-refractivity contribution < 1.29 is 13.2 Å². The van der Waals surface area contributed by atoms with Crippen LogP contribution in [0.3, 0.4) is 0 Å². The molecule has 2 heterocycles. The van der Waals surface area contributed by atoms with Gasteiger partial charge in [-0.15, -0.1) is 0 Å². The third-order valence-electron chi connectivity index (χ3n) is 4.20. The van der Waals surface area contributed by atoms with Crippen molar-refractivity contribution in [3.63, 3.8) is 0 Å². The lowest BCUT2D eigenvalue weighted by molar-refractivity contribution is -0.137. The fourth-order valence-corrected chi connectivity index (χ4v) is 2.80. The normalized spacial score (nSPS) is 11.6. The van der Waals surface area contributed by atoms with E-state index >= 15 is 0 Å². The summed E-state index contributed by atoms with van der Waals surface area (Å²) in [5.41, 5.74) is -4.46. The highest BCUT2D eigenvalue weighted by Crippen LogP contribution is 2.36. The van der Waals surface area contributed by atoms with Gasteiger partial charge in [0.15, 0.2) is 0 Å². The zero-order valence-corrected chi connectivity index (χ0v) is 14.3. The summed E-state index contributed by atoms with van der Waals surface area (Å²) in [6, 6.07) is 6.86. The summed E-state index contributed by atoms with van der Waals surface area (Å²) < 4.78 is 42.2. The van der Waals surface area contributed by atoms with Crippen molar-refractivity contribution in [1.29, 1.82) is 0 Å². The summed E-state index contributed by atoms with van der Waals surface area (Å²) in [5.74, 6) is 0. The standard InChI is InChI=1S/C18H14F3N3O3/c1-10-5-3-4-6-11(10)14-12(18(19,20)21)7-8-24(16(14)26)13-9-22-23(2)17(27)15(13)25/h3-9,22H,1-2H3. The Morgan fingerprint density at radius 2 is 1.67 bits per heavy atom. The maximum Gasteiger partial charge on any atom is 0.417 e. The summed E-state index contributed by atoms with van der Waals surface area (Å²) in [7, 11) is 1.31. The van der Waals surface area contributed by atoms with Gasteiger partial charge < -0.3 is 5.10 Å². The van der Waals surface area contributed by atoms with Crippen LogP contribution in [0, 0.1) is 6.92 Å². The maximum absolute atomic E-state index is 13.5. The molecule has 140 valence electrons. The van der Waals surface area contributed by atoms with Crippen LogP contribution < -0.4 is 16.5 Å². The van der Waals surface area contributed by atoms with E-state index in [2.05, 4.69) is 5.10 Å². The van der Waals surface area contributed by atoms with Gasteiger partial charge in [0.2, 0.25) is 0 Å². The molecule has 3 aromatic rings. The number of nitrogens with zero attached hydrogens (tertiary/aromatic N) is 2. The monoisotopic (exact) mass is 377 g/mol. The number of rotatable bonds is 2. The lowest BCUT2D eigenvalue weighted by Gasteiger charge is -2.16. The number of hydrogen-bond acceptors (Lipinski definition) is 3. The Morgan fingerprint density at radius 1 is 1.00 bits per heavy atom. The van der Waals surface area contributed by atoms with Crippen molar-refractivity contribution in [3.8, 4) is 16.8 Å². The molecule has 27 heavy (non-hydrogen) atoms. The van der Waals surface area contributed by atoms with Crippen LogP contribution in [0.2, 0.25) is 0 Å². The number of alkyl halides is 3.